The second-order valence-corrected chi connectivity index (χ2v) is 8.56. The monoisotopic (exact) mass is 437 g/mol. The van der Waals surface area contributed by atoms with E-state index in [2.05, 4.69) is 41.3 Å². The molecule has 4 aromatic rings. The van der Waals surface area contributed by atoms with E-state index in [0.717, 1.165) is 40.8 Å². The van der Waals surface area contributed by atoms with E-state index < -0.39 is 12.0 Å². The van der Waals surface area contributed by atoms with Crippen LogP contribution in [-0.4, -0.2) is 28.6 Å². The van der Waals surface area contributed by atoms with Crippen LogP contribution in [0.4, 0.5) is 0 Å². The highest BCUT2D eigenvalue weighted by Crippen LogP contribution is 2.40. The molecule has 33 heavy (non-hydrogen) atoms. The van der Waals surface area contributed by atoms with E-state index in [4.69, 9.17) is 4.74 Å². The molecule has 1 saturated heterocycles. The maximum absolute atomic E-state index is 12.1. The van der Waals surface area contributed by atoms with Gasteiger partial charge >= 0.3 is 5.97 Å². The third-order valence-corrected chi connectivity index (χ3v) is 6.45. The largest absolute Gasteiger partial charge is 0.489 e. The van der Waals surface area contributed by atoms with Crippen LogP contribution in [0.25, 0.3) is 10.8 Å². The van der Waals surface area contributed by atoms with Gasteiger partial charge in [-0.1, -0.05) is 84.9 Å². The number of nitrogens with zero attached hydrogens (tertiary/aromatic N) is 1. The fourth-order valence-electron chi connectivity index (χ4n) is 4.86. The Morgan fingerprint density at radius 1 is 0.909 bits per heavy atom. The number of rotatable bonds is 7. The molecule has 1 aliphatic heterocycles. The predicted octanol–water partition coefficient (Wildman–Crippen LogP) is 6.06. The van der Waals surface area contributed by atoms with E-state index in [1.807, 2.05) is 60.7 Å². The van der Waals surface area contributed by atoms with Gasteiger partial charge in [-0.2, -0.15) is 0 Å². The van der Waals surface area contributed by atoms with Crippen LogP contribution in [0.3, 0.4) is 0 Å². The first-order valence-corrected chi connectivity index (χ1v) is 11.4. The molecular weight excluding hydrogens is 410 g/mol. The van der Waals surface area contributed by atoms with Crippen molar-refractivity contribution in [2.24, 2.45) is 0 Å². The van der Waals surface area contributed by atoms with Crippen molar-refractivity contribution in [1.82, 2.24) is 4.90 Å². The van der Waals surface area contributed by atoms with Gasteiger partial charge in [-0.25, -0.2) is 0 Å². The van der Waals surface area contributed by atoms with E-state index >= 15 is 0 Å². The highest BCUT2D eigenvalue weighted by Gasteiger charge is 2.38. The van der Waals surface area contributed by atoms with Crippen molar-refractivity contribution < 1.29 is 14.6 Å². The summed E-state index contributed by atoms with van der Waals surface area (Å²) in [5.74, 6) is 0.0246. The van der Waals surface area contributed by atoms with E-state index in [0.29, 0.717) is 13.0 Å². The van der Waals surface area contributed by atoms with Crippen LogP contribution < -0.4 is 4.74 Å². The highest BCUT2D eigenvalue weighted by molar-refractivity contribution is 5.83. The summed E-state index contributed by atoms with van der Waals surface area (Å²) in [5, 5.41) is 12.3. The Balaban J connectivity index is 1.58. The molecule has 2 atom stereocenters. The Morgan fingerprint density at radius 3 is 2.45 bits per heavy atom. The van der Waals surface area contributed by atoms with Gasteiger partial charge in [-0.05, 0) is 46.9 Å². The van der Waals surface area contributed by atoms with Crippen molar-refractivity contribution in [2.75, 3.05) is 6.54 Å². The summed E-state index contributed by atoms with van der Waals surface area (Å²) in [6, 6.07) is 32.1. The molecule has 4 aromatic carbocycles. The lowest BCUT2D eigenvalue weighted by molar-refractivity contribution is -0.142. The Labute approximate surface area is 194 Å². The molecule has 1 heterocycles. The first-order chi connectivity index (χ1) is 16.2. The van der Waals surface area contributed by atoms with E-state index in [1.54, 1.807) is 0 Å². The van der Waals surface area contributed by atoms with Crippen molar-refractivity contribution in [3.05, 3.63) is 114 Å². The van der Waals surface area contributed by atoms with Crippen molar-refractivity contribution in [3.8, 4) is 5.75 Å². The van der Waals surface area contributed by atoms with Gasteiger partial charge in [0.2, 0.25) is 0 Å². The minimum Gasteiger partial charge on any atom is -0.489 e. The molecule has 1 aliphatic rings. The number of aliphatic carboxylic acids is 1. The zero-order chi connectivity index (χ0) is 22.6. The molecule has 0 bridgehead atoms. The van der Waals surface area contributed by atoms with Gasteiger partial charge in [0.1, 0.15) is 18.4 Å². The Bertz CT molecular complexity index is 1250. The summed E-state index contributed by atoms with van der Waals surface area (Å²) >= 11 is 0. The average Bonchev–Trinajstić information content (AvgIpc) is 3.34. The molecule has 0 spiro atoms. The molecule has 0 aliphatic carbocycles. The Morgan fingerprint density at radius 2 is 1.64 bits per heavy atom. The van der Waals surface area contributed by atoms with E-state index in [-0.39, 0.29) is 6.04 Å². The molecule has 1 N–H and O–H groups in total. The van der Waals surface area contributed by atoms with Crippen LogP contribution in [0.5, 0.6) is 5.75 Å². The molecule has 0 saturated carbocycles. The molecule has 0 aromatic heterocycles. The standard InChI is InChI=1S/C29H27NO3/c31-29(32)26-14-8-18-30(26)28(24-17-16-22-11-4-5-12-23(22)19-24)25-13-6-7-15-27(25)33-20-21-9-2-1-3-10-21/h1-7,9-13,15-17,19,26,28H,8,14,18,20H2,(H,31,32). The van der Waals surface area contributed by atoms with E-state index in [1.165, 1.54) is 5.39 Å². The molecule has 4 nitrogen and oxygen atoms in total. The van der Waals surface area contributed by atoms with Gasteiger partial charge in [0.25, 0.3) is 0 Å². The molecular formula is C29H27NO3. The van der Waals surface area contributed by atoms with Crippen LogP contribution in [0.1, 0.15) is 35.6 Å². The normalized spacial score (nSPS) is 17.2. The van der Waals surface area contributed by atoms with Crippen LogP contribution in [0.2, 0.25) is 0 Å². The number of benzene rings is 4. The first-order valence-electron chi connectivity index (χ1n) is 11.4. The summed E-state index contributed by atoms with van der Waals surface area (Å²) in [7, 11) is 0. The second-order valence-electron chi connectivity index (χ2n) is 8.56. The zero-order valence-corrected chi connectivity index (χ0v) is 18.4. The smallest absolute Gasteiger partial charge is 0.320 e. The van der Waals surface area contributed by atoms with Gasteiger partial charge in [0.05, 0.1) is 6.04 Å². The highest BCUT2D eigenvalue weighted by atomic mass is 16.5. The van der Waals surface area contributed by atoms with Crippen molar-refractivity contribution in [3.63, 3.8) is 0 Å². The van der Waals surface area contributed by atoms with Crippen molar-refractivity contribution >= 4 is 16.7 Å². The van der Waals surface area contributed by atoms with Gasteiger partial charge in [0.15, 0.2) is 0 Å². The van der Waals surface area contributed by atoms with Crippen LogP contribution in [-0.2, 0) is 11.4 Å². The fourth-order valence-corrected chi connectivity index (χ4v) is 4.86. The Hall–Kier alpha value is -3.63. The third-order valence-electron chi connectivity index (χ3n) is 6.45. The van der Waals surface area contributed by atoms with Crippen LogP contribution >= 0.6 is 0 Å². The maximum atomic E-state index is 12.1. The molecule has 4 heteroatoms. The molecule has 0 radical (unpaired) electrons. The average molecular weight is 438 g/mol. The predicted molar refractivity (Wildman–Crippen MR) is 130 cm³/mol. The first kappa shape index (κ1) is 21.2. The summed E-state index contributed by atoms with van der Waals surface area (Å²) in [6.07, 6.45) is 1.53. The number of carboxylic acids is 1. The second kappa shape index (κ2) is 9.47. The van der Waals surface area contributed by atoms with Gasteiger partial charge in [-0.3, -0.25) is 9.69 Å². The lowest BCUT2D eigenvalue weighted by Gasteiger charge is -2.33. The lowest BCUT2D eigenvalue weighted by atomic mass is 9.93. The van der Waals surface area contributed by atoms with Gasteiger partial charge in [0, 0.05) is 12.1 Å². The van der Waals surface area contributed by atoms with Crippen LogP contribution in [0, 0.1) is 0 Å². The minimum absolute atomic E-state index is 0.204. The molecule has 0 amide bonds. The minimum atomic E-state index is -0.763. The summed E-state index contributed by atoms with van der Waals surface area (Å²) < 4.78 is 6.29. The number of carboxylic acid groups (broad SMARTS) is 1. The maximum Gasteiger partial charge on any atom is 0.320 e. The molecule has 166 valence electrons. The number of hydrogen-bond donors (Lipinski definition) is 1. The van der Waals surface area contributed by atoms with Crippen LogP contribution in [0.15, 0.2) is 97.1 Å². The molecule has 2 unspecified atom stereocenters. The number of fused-ring (bicyclic) bond motifs is 1. The summed E-state index contributed by atoms with van der Waals surface area (Å²) in [6.45, 7) is 1.20. The van der Waals surface area contributed by atoms with Crippen molar-refractivity contribution in [1.29, 1.82) is 0 Å². The number of carbonyl (C=O) groups is 1. The SMILES string of the molecule is O=C(O)C1CCCN1C(c1ccc2ccccc2c1)c1ccccc1OCc1ccccc1. The zero-order valence-electron chi connectivity index (χ0n) is 18.4. The number of hydrogen-bond acceptors (Lipinski definition) is 3. The van der Waals surface area contributed by atoms with Crippen molar-refractivity contribution in [2.45, 2.75) is 31.5 Å². The summed E-state index contributed by atoms with van der Waals surface area (Å²) in [4.78, 5) is 14.2. The number of ether oxygens (including phenoxy) is 1. The number of likely N-dealkylation sites (tertiary alicyclic amines) is 1. The van der Waals surface area contributed by atoms with Gasteiger partial charge in [-0.15, -0.1) is 0 Å². The quantitative estimate of drug-likeness (QED) is 0.382. The number of para-hydroxylation sites is 1. The topological polar surface area (TPSA) is 49.8 Å². The Kier molecular flexibility index (Phi) is 6.09. The lowest BCUT2D eigenvalue weighted by Crippen LogP contribution is -2.39. The molecule has 1 fully saturated rings. The summed E-state index contributed by atoms with van der Waals surface area (Å²) in [5.41, 5.74) is 3.17. The molecule has 5 rings (SSSR count). The van der Waals surface area contributed by atoms with Gasteiger partial charge < -0.3 is 9.84 Å². The third kappa shape index (κ3) is 4.48. The fraction of sp³-hybridized carbons (Fsp3) is 0.207. The van der Waals surface area contributed by atoms with E-state index in [9.17, 15) is 9.90 Å².